The molecule has 0 saturated heterocycles. The zero-order chi connectivity index (χ0) is 26.9. The Labute approximate surface area is 219 Å². The van der Waals surface area contributed by atoms with Crippen molar-refractivity contribution in [2.75, 3.05) is 13.1 Å². The number of nitrogens with zero attached hydrogens (tertiary/aromatic N) is 1. The van der Waals surface area contributed by atoms with Gasteiger partial charge in [0.1, 0.15) is 0 Å². The van der Waals surface area contributed by atoms with Gasteiger partial charge in [0.15, 0.2) is 0 Å². The van der Waals surface area contributed by atoms with Crippen molar-refractivity contribution in [3.05, 3.63) is 94.5 Å². The second-order valence-electron chi connectivity index (χ2n) is 10.1. The molecule has 0 bridgehead atoms. The van der Waals surface area contributed by atoms with Crippen LogP contribution in [0.4, 0.5) is 13.2 Å². The summed E-state index contributed by atoms with van der Waals surface area (Å²) in [6, 6.07) is 20.4. The van der Waals surface area contributed by atoms with Crippen LogP contribution in [0.15, 0.2) is 66.7 Å². The van der Waals surface area contributed by atoms with Crippen LogP contribution in [0.2, 0.25) is 0 Å². The quantitative estimate of drug-likeness (QED) is 0.394. The Balaban J connectivity index is 1.37. The smallest absolute Gasteiger partial charge is 0.390 e. The molecular weight excluding hydrogens is 493 g/mol. The average molecular weight is 523 g/mol. The van der Waals surface area contributed by atoms with Crippen LogP contribution < -0.4 is 5.32 Å². The Kier molecular flexibility index (Phi) is 7.25. The number of rotatable bonds is 8. The molecule has 0 unspecified atom stereocenters. The topological polar surface area (TPSA) is 69.6 Å². The van der Waals surface area contributed by atoms with Crippen LogP contribution in [-0.4, -0.2) is 41.1 Å². The molecule has 0 aromatic heterocycles. The van der Waals surface area contributed by atoms with E-state index in [1.807, 2.05) is 48.5 Å². The van der Waals surface area contributed by atoms with Crippen molar-refractivity contribution in [2.24, 2.45) is 5.92 Å². The molecule has 1 heterocycles. The third kappa shape index (κ3) is 5.91. The van der Waals surface area contributed by atoms with E-state index < -0.39 is 18.6 Å². The minimum absolute atomic E-state index is 0.0180. The number of halogens is 3. The first kappa shape index (κ1) is 26.0. The van der Waals surface area contributed by atoms with Gasteiger partial charge in [-0.15, -0.1) is 0 Å². The summed E-state index contributed by atoms with van der Waals surface area (Å²) in [5.41, 5.74) is 5.73. The molecule has 198 valence electrons. The molecule has 1 aliphatic heterocycles. The standard InChI is InChI=1S/C30H29F3N2O3/c31-30(32,33)12-14-35-13-11-24-23(20-7-4-8-21(15-20)29(37)38)10-9-22(27(24)18-35)17-34-28(36)26-16-25(26)19-5-2-1-3-6-19/h1-10,15,25-26H,11-14,16-18H2,(H,34,36)(H,37,38)/t25-,26+/m1/s1. The highest BCUT2D eigenvalue weighted by Gasteiger charge is 2.43. The molecule has 2 atom stereocenters. The largest absolute Gasteiger partial charge is 0.478 e. The lowest BCUT2D eigenvalue weighted by Crippen LogP contribution is -2.35. The molecule has 3 aromatic rings. The van der Waals surface area contributed by atoms with Crippen molar-refractivity contribution in [3.8, 4) is 11.1 Å². The highest BCUT2D eigenvalue weighted by molar-refractivity contribution is 5.89. The lowest BCUT2D eigenvalue weighted by atomic mass is 9.87. The fourth-order valence-electron chi connectivity index (χ4n) is 5.40. The fraction of sp³-hybridized carbons (Fsp3) is 0.333. The van der Waals surface area contributed by atoms with Gasteiger partial charge >= 0.3 is 12.1 Å². The SMILES string of the molecule is O=C(O)c1cccc(-c2ccc(CNC(=O)[C@H]3C[C@@H]3c3ccccc3)c3c2CCN(CCC(F)(F)F)C3)c1. The van der Waals surface area contributed by atoms with Gasteiger partial charge in [0.05, 0.1) is 12.0 Å². The molecule has 2 aliphatic rings. The van der Waals surface area contributed by atoms with Gasteiger partial charge < -0.3 is 10.4 Å². The maximum atomic E-state index is 12.9. The summed E-state index contributed by atoms with van der Waals surface area (Å²) in [6.07, 6.45) is -3.76. The summed E-state index contributed by atoms with van der Waals surface area (Å²) in [6.45, 7) is 1.03. The molecule has 0 spiro atoms. The van der Waals surface area contributed by atoms with Gasteiger partial charge in [-0.05, 0) is 64.3 Å². The Morgan fingerprint density at radius 3 is 2.53 bits per heavy atom. The Morgan fingerprint density at radius 1 is 1.00 bits per heavy atom. The lowest BCUT2D eigenvalue weighted by molar-refractivity contribution is -0.138. The van der Waals surface area contributed by atoms with E-state index in [0.29, 0.717) is 26.1 Å². The molecule has 8 heteroatoms. The number of amides is 1. The van der Waals surface area contributed by atoms with E-state index in [-0.39, 0.29) is 29.9 Å². The molecule has 3 aromatic carbocycles. The number of hydrogen-bond donors (Lipinski definition) is 2. The molecule has 1 saturated carbocycles. The molecule has 2 N–H and O–H groups in total. The zero-order valence-corrected chi connectivity index (χ0v) is 20.8. The number of carbonyl (C=O) groups excluding carboxylic acids is 1. The van der Waals surface area contributed by atoms with Crippen molar-refractivity contribution in [1.82, 2.24) is 10.2 Å². The van der Waals surface area contributed by atoms with Gasteiger partial charge in [-0.1, -0.05) is 54.6 Å². The first-order valence-corrected chi connectivity index (χ1v) is 12.8. The molecule has 1 amide bonds. The summed E-state index contributed by atoms with van der Waals surface area (Å²) < 4.78 is 38.7. The number of carbonyl (C=O) groups is 2. The predicted octanol–water partition coefficient (Wildman–Crippen LogP) is 5.78. The number of benzene rings is 3. The van der Waals surface area contributed by atoms with Crippen LogP contribution in [0.5, 0.6) is 0 Å². The lowest BCUT2D eigenvalue weighted by Gasteiger charge is -2.32. The van der Waals surface area contributed by atoms with Crippen LogP contribution in [-0.2, 0) is 24.3 Å². The number of fused-ring (bicyclic) bond motifs is 1. The van der Waals surface area contributed by atoms with Crippen LogP contribution >= 0.6 is 0 Å². The molecule has 1 fully saturated rings. The number of carboxylic acids is 1. The van der Waals surface area contributed by atoms with Gasteiger partial charge in [0.25, 0.3) is 0 Å². The summed E-state index contributed by atoms with van der Waals surface area (Å²) >= 11 is 0. The van der Waals surface area contributed by atoms with Crippen molar-refractivity contribution in [1.29, 1.82) is 0 Å². The molecule has 0 radical (unpaired) electrons. The van der Waals surface area contributed by atoms with Crippen LogP contribution in [0.25, 0.3) is 11.1 Å². The monoisotopic (exact) mass is 522 g/mol. The van der Waals surface area contributed by atoms with Crippen LogP contribution in [0.1, 0.15) is 51.4 Å². The molecule has 38 heavy (non-hydrogen) atoms. The van der Waals surface area contributed by atoms with E-state index in [1.54, 1.807) is 17.0 Å². The molecular formula is C30H29F3N2O3. The van der Waals surface area contributed by atoms with Gasteiger partial charge in [-0.2, -0.15) is 13.2 Å². The number of nitrogens with one attached hydrogen (secondary N) is 1. The van der Waals surface area contributed by atoms with Gasteiger partial charge in [-0.25, -0.2) is 4.79 Å². The fourth-order valence-corrected chi connectivity index (χ4v) is 5.40. The van der Waals surface area contributed by atoms with E-state index in [4.69, 9.17) is 0 Å². The second-order valence-corrected chi connectivity index (χ2v) is 10.1. The number of alkyl halides is 3. The molecule has 1 aliphatic carbocycles. The second kappa shape index (κ2) is 10.6. The average Bonchev–Trinajstić information content (AvgIpc) is 3.72. The maximum Gasteiger partial charge on any atom is 0.390 e. The number of hydrogen-bond acceptors (Lipinski definition) is 3. The van der Waals surface area contributed by atoms with Crippen molar-refractivity contribution in [2.45, 2.75) is 44.4 Å². The number of carboxylic acid groups (broad SMARTS) is 1. The highest BCUT2D eigenvalue weighted by atomic mass is 19.4. The minimum Gasteiger partial charge on any atom is -0.478 e. The zero-order valence-electron chi connectivity index (χ0n) is 20.8. The van der Waals surface area contributed by atoms with E-state index in [1.165, 1.54) is 6.07 Å². The van der Waals surface area contributed by atoms with E-state index >= 15 is 0 Å². The third-order valence-corrected chi connectivity index (χ3v) is 7.53. The number of aromatic carboxylic acids is 1. The summed E-state index contributed by atoms with van der Waals surface area (Å²) in [4.78, 5) is 26.2. The van der Waals surface area contributed by atoms with Crippen molar-refractivity contribution in [3.63, 3.8) is 0 Å². The molecule has 5 rings (SSSR count). The van der Waals surface area contributed by atoms with Crippen molar-refractivity contribution >= 4 is 11.9 Å². The van der Waals surface area contributed by atoms with Gasteiger partial charge in [0.2, 0.25) is 5.91 Å². The van der Waals surface area contributed by atoms with Crippen molar-refractivity contribution < 1.29 is 27.9 Å². The Bertz CT molecular complexity index is 1340. The third-order valence-electron chi connectivity index (χ3n) is 7.53. The maximum absolute atomic E-state index is 12.9. The summed E-state index contributed by atoms with van der Waals surface area (Å²) in [7, 11) is 0. The first-order valence-electron chi connectivity index (χ1n) is 12.8. The summed E-state index contributed by atoms with van der Waals surface area (Å²) in [5.74, 6) is -0.899. The summed E-state index contributed by atoms with van der Waals surface area (Å²) in [5, 5.41) is 12.5. The minimum atomic E-state index is -4.23. The van der Waals surface area contributed by atoms with Gasteiger partial charge in [-0.3, -0.25) is 9.69 Å². The van der Waals surface area contributed by atoms with E-state index in [9.17, 15) is 27.9 Å². The van der Waals surface area contributed by atoms with Crippen LogP contribution in [0, 0.1) is 5.92 Å². The predicted molar refractivity (Wildman–Crippen MR) is 138 cm³/mol. The van der Waals surface area contributed by atoms with E-state index in [2.05, 4.69) is 5.32 Å². The van der Waals surface area contributed by atoms with Crippen LogP contribution in [0.3, 0.4) is 0 Å². The Hall–Kier alpha value is -3.65. The first-order chi connectivity index (χ1) is 18.2. The molecule has 5 nitrogen and oxygen atoms in total. The van der Waals surface area contributed by atoms with Gasteiger partial charge in [0, 0.05) is 32.1 Å². The Morgan fingerprint density at radius 2 is 1.79 bits per heavy atom. The normalized spacial score (nSPS) is 19.0. The van der Waals surface area contributed by atoms with E-state index in [0.717, 1.165) is 39.8 Å². The highest BCUT2D eigenvalue weighted by Crippen LogP contribution is 2.47.